The molecule has 0 aliphatic carbocycles. The van der Waals surface area contributed by atoms with Crippen molar-refractivity contribution in [3.05, 3.63) is 35.4 Å². The molecule has 0 atom stereocenters. The fourth-order valence-corrected chi connectivity index (χ4v) is 0.788. The Morgan fingerprint density at radius 2 is 1.17 bits per heavy atom. The van der Waals surface area contributed by atoms with Gasteiger partial charge in [-0.3, -0.25) is 4.79 Å². The summed E-state index contributed by atoms with van der Waals surface area (Å²) in [6, 6.07) is 7.57. The highest BCUT2D eigenvalue weighted by Gasteiger charge is 1.95. The van der Waals surface area contributed by atoms with Crippen molar-refractivity contribution >= 4 is 5.78 Å². The summed E-state index contributed by atoms with van der Waals surface area (Å²) in [6.07, 6.45) is 2.50. The molecule has 1 nitrogen and oxygen atoms in total. The molecular formula is C17H32O. The van der Waals surface area contributed by atoms with Gasteiger partial charge >= 0.3 is 0 Å². The van der Waals surface area contributed by atoms with Crippen LogP contribution >= 0.6 is 0 Å². The first kappa shape index (κ1) is 22.1. The lowest BCUT2D eigenvalue weighted by molar-refractivity contribution is 0.101. The van der Waals surface area contributed by atoms with Crippen molar-refractivity contribution in [2.24, 2.45) is 0 Å². The van der Waals surface area contributed by atoms with E-state index < -0.39 is 0 Å². The van der Waals surface area contributed by atoms with E-state index in [1.165, 1.54) is 18.4 Å². The fourth-order valence-electron chi connectivity index (χ4n) is 0.788. The molecule has 0 fully saturated rings. The number of hydrogen-bond acceptors (Lipinski definition) is 1. The van der Waals surface area contributed by atoms with Crippen LogP contribution in [0.15, 0.2) is 24.3 Å². The molecule has 106 valence electrons. The van der Waals surface area contributed by atoms with Gasteiger partial charge in [0, 0.05) is 5.56 Å². The third kappa shape index (κ3) is 17.3. The molecule has 0 aliphatic heterocycles. The van der Waals surface area contributed by atoms with E-state index in [-0.39, 0.29) is 5.78 Å². The second-order valence-electron chi connectivity index (χ2n) is 3.84. The second-order valence-corrected chi connectivity index (χ2v) is 3.84. The van der Waals surface area contributed by atoms with E-state index in [9.17, 15) is 4.79 Å². The molecule has 18 heavy (non-hydrogen) atoms. The van der Waals surface area contributed by atoms with Crippen LogP contribution in [0.5, 0.6) is 0 Å². The Bertz CT molecular complexity index is 257. The number of carbonyl (C=O) groups is 1. The second kappa shape index (κ2) is 18.3. The van der Waals surface area contributed by atoms with Gasteiger partial charge in [-0.25, -0.2) is 0 Å². The first-order valence-corrected chi connectivity index (χ1v) is 7.10. The SMILES string of the molecule is CC.CC(=O)c1ccc(C)cc1.CCC.CCC. The van der Waals surface area contributed by atoms with Crippen molar-refractivity contribution in [2.45, 2.75) is 68.2 Å². The molecule has 0 saturated carbocycles. The molecule has 0 saturated heterocycles. The fraction of sp³-hybridized carbons (Fsp3) is 0.588. The molecule has 1 rings (SSSR count). The summed E-state index contributed by atoms with van der Waals surface area (Å²) in [7, 11) is 0. The summed E-state index contributed by atoms with van der Waals surface area (Å²) >= 11 is 0. The minimum absolute atomic E-state index is 0.125. The number of aryl methyl sites for hydroxylation is 1. The Morgan fingerprint density at radius 3 is 1.39 bits per heavy atom. The molecule has 0 heterocycles. The highest BCUT2D eigenvalue weighted by molar-refractivity contribution is 5.93. The number of rotatable bonds is 1. The zero-order chi connectivity index (χ0) is 15.0. The molecule has 0 aromatic heterocycles. The third-order valence-corrected chi connectivity index (χ3v) is 1.46. The maximum atomic E-state index is 10.8. The topological polar surface area (TPSA) is 17.1 Å². The summed E-state index contributed by atoms with van der Waals surface area (Å²) in [5.74, 6) is 0.125. The Kier molecular flexibility index (Phi) is 22.4. The minimum Gasteiger partial charge on any atom is -0.295 e. The molecule has 0 aliphatic rings. The van der Waals surface area contributed by atoms with Gasteiger partial charge in [0.2, 0.25) is 0 Å². The summed E-state index contributed by atoms with van der Waals surface area (Å²) in [5, 5.41) is 0. The highest BCUT2D eigenvalue weighted by Crippen LogP contribution is 2.02. The van der Waals surface area contributed by atoms with Crippen LogP contribution < -0.4 is 0 Å². The Morgan fingerprint density at radius 1 is 0.889 bits per heavy atom. The summed E-state index contributed by atoms with van der Waals surface area (Å²) in [6.45, 7) is 16.1. The van der Waals surface area contributed by atoms with Gasteiger partial charge in [-0.15, -0.1) is 0 Å². The Hall–Kier alpha value is -1.11. The average Bonchev–Trinajstić information content (AvgIpc) is 2.34. The van der Waals surface area contributed by atoms with Crippen LogP contribution in [0.1, 0.15) is 77.2 Å². The van der Waals surface area contributed by atoms with E-state index >= 15 is 0 Å². The Labute approximate surface area is 115 Å². The zero-order valence-electron chi connectivity index (χ0n) is 13.6. The smallest absolute Gasteiger partial charge is 0.159 e. The van der Waals surface area contributed by atoms with Gasteiger partial charge in [0.25, 0.3) is 0 Å². The van der Waals surface area contributed by atoms with E-state index in [1.54, 1.807) is 6.92 Å². The molecule has 0 radical (unpaired) electrons. The zero-order valence-corrected chi connectivity index (χ0v) is 13.6. The van der Waals surface area contributed by atoms with Crippen molar-refractivity contribution in [1.29, 1.82) is 0 Å². The number of hydrogen-bond donors (Lipinski definition) is 0. The van der Waals surface area contributed by atoms with Crippen molar-refractivity contribution < 1.29 is 4.79 Å². The van der Waals surface area contributed by atoms with Crippen molar-refractivity contribution in [3.8, 4) is 0 Å². The van der Waals surface area contributed by atoms with Crippen molar-refractivity contribution in [3.63, 3.8) is 0 Å². The quantitative estimate of drug-likeness (QED) is 0.555. The van der Waals surface area contributed by atoms with Gasteiger partial charge < -0.3 is 0 Å². The standard InChI is InChI=1S/C9H10O.2C3H8.C2H6/c1-7-3-5-9(6-4-7)8(2)10;2*1-3-2;1-2/h3-6H,1-2H3;2*3H2,1-2H3;1-2H3. The number of Topliss-reactive ketones (excluding diaryl/α,β-unsaturated/α-hetero) is 1. The average molecular weight is 252 g/mol. The maximum Gasteiger partial charge on any atom is 0.159 e. The third-order valence-electron chi connectivity index (χ3n) is 1.46. The molecule has 1 heteroatoms. The van der Waals surface area contributed by atoms with E-state index in [2.05, 4.69) is 27.7 Å². The maximum absolute atomic E-state index is 10.8. The molecule has 1 aromatic rings. The predicted octanol–water partition coefficient (Wildman–Crippen LogP) is 6.06. The lowest BCUT2D eigenvalue weighted by Gasteiger charge is -1.93. The van der Waals surface area contributed by atoms with Crippen LogP contribution in [0, 0.1) is 6.92 Å². The first-order chi connectivity index (χ1) is 8.53. The van der Waals surface area contributed by atoms with Gasteiger partial charge in [-0.05, 0) is 13.8 Å². The van der Waals surface area contributed by atoms with Crippen LogP contribution in [0.3, 0.4) is 0 Å². The Balaban J connectivity index is -0.000000237. The van der Waals surface area contributed by atoms with Gasteiger partial charge in [0.05, 0.1) is 0 Å². The summed E-state index contributed by atoms with van der Waals surface area (Å²) in [5.41, 5.74) is 1.97. The molecule has 0 bridgehead atoms. The van der Waals surface area contributed by atoms with Crippen LogP contribution in [-0.4, -0.2) is 5.78 Å². The van der Waals surface area contributed by atoms with Gasteiger partial charge in [0.15, 0.2) is 5.78 Å². The molecule has 0 spiro atoms. The molecule has 0 N–H and O–H groups in total. The highest BCUT2D eigenvalue weighted by atomic mass is 16.1. The van der Waals surface area contributed by atoms with E-state index in [1.807, 2.05) is 45.0 Å². The van der Waals surface area contributed by atoms with E-state index in [0.29, 0.717) is 0 Å². The summed E-state index contributed by atoms with van der Waals surface area (Å²) in [4.78, 5) is 10.8. The lowest BCUT2D eigenvalue weighted by Crippen LogP contribution is -1.90. The van der Waals surface area contributed by atoms with Gasteiger partial charge in [0.1, 0.15) is 0 Å². The molecule has 0 amide bonds. The van der Waals surface area contributed by atoms with Crippen molar-refractivity contribution in [2.75, 3.05) is 0 Å². The molecular weight excluding hydrogens is 220 g/mol. The van der Waals surface area contributed by atoms with Gasteiger partial charge in [-0.2, -0.15) is 0 Å². The van der Waals surface area contributed by atoms with Crippen LogP contribution in [0.25, 0.3) is 0 Å². The number of carbonyl (C=O) groups excluding carboxylic acids is 1. The normalized spacial score (nSPS) is 7.56. The lowest BCUT2D eigenvalue weighted by atomic mass is 10.1. The number of ketones is 1. The number of benzene rings is 1. The van der Waals surface area contributed by atoms with Crippen LogP contribution in [-0.2, 0) is 0 Å². The largest absolute Gasteiger partial charge is 0.295 e. The minimum atomic E-state index is 0.125. The molecule has 0 unspecified atom stereocenters. The van der Waals surface area contributed by atoms with Crippen molar-refractivity contribution in [1.82, 2.24) is 0 Å². The van der Waals surface area contributed by atoms with E-state index in [0.717, 1.165) is 5.56 Å². The van der Waals surface area contributed by atoms with Crippen LogP contribution in [0.2, 0.25) is 0 Å². The predicted molar refractivity (Wildman–Crippen MR) is 84.5 cm³/mol. The van der Waals surface area contributed by atoms with E-state index in [4.69, 9.17) is 0 Å². The summed E-state index contributed by atoms with van der Waals surface area (Å²) < 4.78 is 0. The molecule has 1 aromatic carbocycles. The monoisotopic (exact) mass is 252 g/mol. The first-order valence-electron chi connectivity index (χ1n) is 7.10. The van der Waals surface area contributed by atoms with Gasteiger partial charge in [-0.1, -0.05) is 84.2 Å². The van der Waals surface area contributed by atoms with Crippen LogP contribution in [0.4, 0.5) is 0 Å².